The van der Waals surface area contributed by atoms with Crippen LogP contribution < -0.4 is 19.5 Å². The number of piperidine rings is 1. The molecule has 0 bridgehead atoms. The van der Waals surface area contributed by atoms with Gasteiger partial charge in [0.2, 0.25) is 15.9 Å². The number of hydrogen-bond donors (Lipinski definition) is 1. The molecule has 0 saturated carbocycles. The molecule has 2 aliphatic heterocycles. The number of nitrogens with zero attached hydrogens (tertiary/aromatic N) is 1. The smallest absolute Gasteiger partial charge is 0.243 e. The normalized spacial score (nSPS) is 17.4. The van der Waals surface area contributed by atoms with E-state index in [9.17, 15) is 13.2 Å². The highest BCUT2D eigenvalue weighted by Crippen LogP contribution is 2.34. The minimum absolute atomic E-state index is 0.154. The molecular formula is C22H25ClN2O6S. The van der Waals surface area contributed by atoms with Gasteiger partial charge in [-0.3, -0.25) is 4.79 Å². The van der Waals surface area contributed by atoms with Crippen LogP contribution in [-0.4, -0.2) is 52.0 Å². The molecule has 0 radical (unpaired) electrons. The number of halogens is 1. The molecule has 172 valence electrons. The van der Waals surface area contributed by atoms with Crippen molar-refractivity contribution in [2.45, 2.75) is 24.2 Å². The van der Waals surface area contributed by atoms with Crippen molar-refractivity contribution in [3.05, 3.63) is 41.4 Å². The van der Waals surface area contributed by atoms with Crippen LogP contribution in [0.5, 0.6) is 17.2 Å². The number of anilines is 1. The van der Waals surface area contributed by atoms with Gasteiger partial charge < -0.3 is 19.5 Å². The molecule has 4 rings (SSSR count). The van der Waals surface area contributed by atoms with Gasteiger partial charge in [0, 0.05) is 37.2 Å². The number of rotatable bonds is 5. The largest absolute Gasteiger partial charge is 0.495 e. The van der Waals surface area contributed by atoms with E-state index in [0.717, 1.165) is 6.42 Å². The number of nitrogens with one attached hydrogen (secondary N) is 1. The molecule has 0 aliphatic carbocycles. The van der Waals surface area contributed by atoms with Crippen molar-refractivity contribution in [1.29, 1.82) is 0 Å². The molecule has 2 aliphatic rings. The number of fused-ring (bicyclic) bond motifs is 1. The predicted octanol–water partition coefficient (Wildman–Crippen LogP) is 3.55. The maximum Gasteiger partial charge on any atom is 0.243 e. The molecule has 0 unspecified atom stereocenters. The predicted molar refractivity (Wildman–Crippen MR) is 120 cm³/mol. The highest BCUT2D eigenvalue weighted by Gasteiger charge is 2.33. The number of benzene rings is 2. The van der Waals surface area contributed by atoms with Crippen molar-refractivity contribution < 1.29 is 27.4 Å². The second-order valence-electron chi connectivity index (χ2n) is 7.68. The number of ether oxygens (including phenoxy) is 3. The number of amides is 1. The Hall–Kier alpha value is -2.49. The summed E-state index contributed by atoms with van der Waals surface area (Å²) in [6.07, 6.45) is 1.61. The van der Waals surface area contributed by atoms with Gasteiger partial charge in [-0.25, -0.2) is 8.42 Å². The number of methoxy groups -OCH3 is 1. The molecule has 2 heterocycles. The molecule has 1 N–H and O–H groups in total. The lowest BCUT2D eigenvalue weighted by molar-refractivity contribution is -0.120. The lowest BCUT2D eigenvalue weighted by Gasteiger charge is -2.30. The first-order valence-electron chi connectivity index (χ1n) is 10.4. The van der Waals surface area contributed by atoms with Crippen LogP contribution in [0.15, 0.2) is 41.3 Å². The Morgan fingerprint density at radius 2 is 1.81 bits per heavy atom. The van der Waals surface area contributed by atoms with E-state index in [2.05, 4.69) is 5.32 Å². The fraction of sp³-hybridized carbons (Fsp3) is 0.409. The van der Waals surface area contributed by atoms with E-state index in [1.165, 1.54) is 23.5 Å². The molecule has 10 heteroatoms. The molecule has 2 aromatic rings. The second kappa shape index (κ2) is 9.56. The summed E-state index contributed by atoms with van der Waals surface area (Å²) in [5.74, 6) is 1.08. The average Bonchev–Trinajstić information content (AvgIpc) is 3.04. The van der Waals surface area contributed by atoms with E-state index in [4.69, 9.17) is 25.8 Å². The molecule has 32 heavy (non-hydrogen) atoms. The molecular weight excluding hydrogens is 456 g/mol. The van der Waals surface area contributed by atoms with Gasteiger partial charge in [-0.15, -0.1) is 0 Å². The summed E-state index contributed by atoms with van der Waals surface area (Å²) in [5.41, 5.74) is 0.572. The summed E-state index contributed by atoms with van der Waals surface area (Å²) < 4.78 is 44.0. The number of hydrogen-bond acceptors (Lipinski definition) is 6. The van der Waals surface area contributed by atoms with Gasteiger partial charge in [0.15, 0.2) is 11.5 Å². The minimum Gasteiger partial charge on any atom is -0.495 e. The molecule has 1 fully saturated rings. The third-order valence-electron chi connectivity index (χ3n) is 5.60. The van der Waals surface area contributed by atoms with Crippen molar-refractivity contribution in [2.75, 3.05) is 38.7 Å². The first-order valence-corrected chi connectivity index (χ1v) is 12.2. The quantitative estimate of drug-likeness (QED) is 0.703. The lowest BCUT2D eigenvalue weighted by Crippen LogP contribution is -2.41. The fourth-order valence-corrected chi connectivity index (χ4v) is 5.54. The summed E-state index contributed by atoms with van der Waals surface area (Å²) in [7, 11) is -2.17. The Balaban J connectivity index is 1.39. The second-order valence-corrected chi connectivity index (χ2v) is 10.0. The molecule has 0 spiro atoms. The monoisotopic (exact) mass is 480 g/mol. The van der Waals surface area contributed by atoms with E-state index in [0.29, 0.717) is 54.0 Å². The van der Waals surface area contributed by atoms with E-state index < -0.39 is 10.0 Å². The lowest BCUT2D eigenvalue weighted by atomic mass is 9.97. The summed E-state index contributed by atoms with van der Waals surface area (Å²) in [5, 5.41) is 3.26. The van der Waals surface area contributed by atoms with Crippen LogP contribution in [-0.2, 0) is 14.8 Å². The summed E-state index contributed by atoms with van der Waals surface area (Å²) in [6.45, 7) is 1.55. The average molecular weight is 481 g/mol. The molecule has 0 atom stereocenters. The molecule has 0 aromatic heterocycles. The van der Waals surface area contributed by atoms with Crippen molar-refractivity contribution in [2.24, 2.45) is 5.92 Å². The Morgan fingerprint density at radius 1 is 1.09 bits per heavy atom. The maximum atomic E-state index is 13.1. The Kier molecular flexibility index (Phi) is 6.78. The van der Waals surface area contributed by atoms with Gasteiger partial charge in [0.05, 0.1) is 30.2 Å². The van der Waals surface area contributed by atoms with Crippen LogP contribution in [0.4, 0.5) is 5.69 Å². The fourth-order valence-electron chi connectivity index (χ4n) is 3.80. The van der Waals surface area contributed by atoms with Gasteiger partial charge in [0.25, 0.3) is 0 Å². The van der Waals surface area contributed by atoms with Crippen molar-refractivity contribution in [1.82, 2.24) is 4.31 Å². The van der Waals surface area contributed by atoms with Gasteiger partial charge in [-0.2, -0.15) is 4.31 Å². The van der Waals surface area contributed by atoms with E-state index in [1.807, 2.05) is 0 Å². The highest BCUT2D eigenvalue weighted by molar-refractivity contribution is 7.89. The van der Waals surface area contributed by atoms with Crippen LogP contribution in [0.1, 0.15) is 19.3 Å². The molecule has 1 amide bonds. The Labute approximate surface area is 192 Å². The van der Waals surface area contributed by atoms with Crippen LogP contribution in [0, 0.1) is 5.92 Å². The van der Waals surface area contributed by atoms with Crippen LogP contribution in [0.3, 0.4) is 0 Å². The molecule has 1 saturated heterocycles. The van der Waals surface area contributed by atoms with Crippen LogP contribution >= 0.6 is 11.6 Å². The zero-order valence-electron chi connectivity index (χ0n) is 17.7. The van der Waals surface area contributed by atoms with Gasteiger partial charge >= 0.3 is 0 Å². The molecule has 8 nitrogen and oxygen atoms in total. The van der Waals surface area contributed by atoms with E-state index in [-0.39, 0.29) is 29.8 Å². The highest BCUT2D eigenvalue weighted by atomic mass is 35.5. The topological polar surface area (TPSA) is 94.2 Å². The standard InChI is InChI=1S/C22H25ClN2O6S/c1-29-19-5-3-16(13-18(19)23)24-22(26)15-7-9-25(10-8-15)32(27,28)17-4-6-20-21(14-17)31-12-2-11-30-20/h3-6,13-15H,2,7-12H2,1H3,(H,24,26). The van der Waals surface area contributed by atoms with Crippen molar-refractivity contribution in [3.8, 4) is 17.2 Å². The SMILES string of the molecule is COc1ccc(NC(=O)C2CCN(S(=O)(=O)c3ccc4c(c3)OCCCO4)CC2)cc1Cl. The van der Waals surface area contributed by atoms with E-state index in [1.54, 1.807) is 24.3 Å². The van der Waals surface area contributed by atoms with Crippen LogP contribution in [0.2, 0.25) is 5.02 Å². The number of sulfonamides is 1. The minimum atomic E-state index is -3.69. The van der Waals surface area contributed by atoms with Crippen LogP contribution in [0.25, 0.3) is 0 Å². The third-order valence-corrected chi connectivity index (χ3v) is 7.79. The number of carbonyl (C=O) groups excluding carboxylic acids is 1. The first-order chi connectivity index (χ1) is 15.4. The zero-order valence-corrected chi connectivity index (χ0v) is 19.2. The van der Waals surface area contributed by atoms with E-state index >= 15 is 0 Å². The Morgan fingerprint density at radius 3 is 2.50 bits per heavy atom. The third kappa shape index (κ3) is 4.79. The number of carbonyl (C=O) groups is 1. The summed E-state index contributed by atoms with van der Waals surface area (Å²) >= 11 is 6.11. The zero-order chi connectivity index (χ0) is 22.7. The molecule has 2 aromatic carbocycles. The maximum absolute atomic E-state index is 13.1. The van der Waals surface area contributed by atoms with Crippen molar-refractivity contribution in [3.63, 3.8) is 0 Å². The Bertz CT molecular complexity index is 1100. The summed E-state index contributed by atoms with van der Waals surface area (Å²) in [6, 6.07) is 9.71. The van der Waals surface area contributed by atoms with Gasteiger partial charge in [0.1, 0.15) is 5.75 Å². The van der Waals surface area contributed by atoms with Gasteiger partial charge in [-0.1, -0.05) is 11.6 Å². The van der Waals surface area contributed by atoms with Gasteiger partial charge in [-0.05, 0) is 43.2 Å². The summed E-state index contributed by atoms with van der Waals surface area (Å²) in [4.78, 5) is 12.8. The van der Waals surface area contributed by atoms with Crippen molar-refractivity contribution >= 4 is 33.2 Å². The first kappa shape index (κ1) is 22.7.